The molecule has 8 heteroatoms. The smallest absolute Gasteiger partial charge is 0.322 e. The maximum absolute atomic E-state index is 12.7. The van der Waals surface area contributed by atoms with Gasteiger partial charge in [0.2, 0.25) is 11.8 Å². The summed E-state index contributed by atoms with van der Waals surface area (Å²) >= 11 is 0. The van der Waals surface area contributed by atoms with E-state index < -0.39 is 36.0 Å². The van der Waals surface area contributed by atoms with Crippen molar-refractivity contribution in [2.45, 2.75) is 6.42 Å². The summed E-state index contributed by atoms with van der Waals surface area (Å²) in [5.41, 5.74) is 0.488. The summed E-state index contributed by atoms with van der Waals surface area (Å²) in [6.07, 6.45) is 0.000663. The second-order valence-corrected chi connectivity index (χ2v) is 6.16. The molecule has 0 saturated carbocycles. The number of carbonyl (C=O) groups excluding carboxylic acids is 3. The predicted octanol–water partition coefficient (Wildman–Crippen LogP) is 1.60. The van der Waals surface area contributed by atoms with Gasteiger partial charge in [0.1, 0.15) is 18.0 Å². The molecule has 2 amide bonds. The quantitative estimate of drug-likeness (QED) is 0.734. The highest BCUT2D eigenvalue weighted by atomic mass is 16.5. The number of carboxylic acids is 1. The first-order valence-electron chi connectivity index (χ1n) is 8.62. The van der Waals surface area contributed by atoms with Gasteiger partial charge in [0.25, 0.3) is 0 Å². The molecule has 2 aromatic rings. The number of nitrogens with one attached hydrogen (secondary N) is 1. The maximum atomic E-state index is 12.7. The van der Waals surface area contributed by atoms with Crippen LogP contribution in [0.25, 0.3) is 0 Å². The molecule has 1 aliphatic rings. The van der Waals surface area contributed by atoms with E-state index in [2.05, 4.69) is 5.32 Å². The summed E-state index contributed by atoms with van der Waals surface area (Å²) in [5.74, 6) is -3.79. The molecule has 2 aromatic carbocycles. The Morgan fingerprint density at radius 2 is 1.79 bits per heavy atom. The van der Waals surface area contributed by atoms with Gasteiger partial charge in [-0.3, -0.25) is 19.2 Å². The fourth-order valence-corrected chi connectivity index (χ4v) is 2.89. The number of nitrogens with zero attached hydrogens (tertiary/aromatic N) is 1. The third-order valence-corrected chi connectivity index (χ3v) is 4.20. The molecule has 1 atom stereocenters. The van der Waals surface area contributed by atoms with Crippen molar-refractivity contribution < 1.29 is 29.0 Å². The van der Waals surface area contributed by atoms with E-state index in [4.69, 9.17) is 9.84 Å². The highest BCUT2D eigenvalue weighted by molar-refractivity contribution is 6.24. The van der Waals surface area contributed by atoms with Crippen LogP contribution in [0.3, 0.4) is 0 Å². The topological polar surface area (TPSA) is 113 Å². The third-order valence-electron chi connectivity index (χ3n) is 4.20. The number of benzene rings is 2. The summed E-state index contributed by atoms with van der Waals surface area (Å²) in [6, 6.07) is 15.9. The van der Waals surface area contributed by atoms with Crippen molar-refractivity contribution in [2.24, 2.45) is 5.92 Å². The van der Waals surface area contributed by atoms with Gasteiger partial charge in [-0.25, -0.2) is 0 Å². The number of piperidine rings is 1. The Morgan fingerprint density at radius 1 is 1.07 bits per heavy atom. The number of amides is 2. The Hall–Kier alpha value is -3.68. The molecule has 3 rings (SSSR count). The van der Waals surface area contributed by atoms with E-state index in [1.54, 1.807) is 36.4 Å². The SMILES string of the molecule is O=C(O)CNC(=O)C1C(=O)CCN(c2cccc(Oc3ccccc3)c2)C1=O. The van der Waals surface area contributed by atoms with Crippen LogP contribution in [0.4, 0.5) is 5.69 Å². The molecule has 144 valence electrons. The molecule has 8 nitrogen and oxygen atoms in total. The largest absolute Gasteiger partial charge is 0.480 e. The van der Waals surface area contributed by atoms with E-state index in [-0.39, 0.29) is 13.0 Å². The molecule has 0 spiro atoms. The number of carboxylic acid groups (broad SMARTS) is 1. The second-order valence-electron chi connectivity index (χ2n) is 6.16. The van der Waals surface area contributed by atoms with Crippen molar-refractivity contribution in [3.63, 3.8) is 0 Å². The Labute approximate surface area is 160 Å². The number of hydrogen-bond donors (Lipinski definition) is 2. The average Bonchev–Trinajstić information content (AvgIpc) is 2.67. The van der Waals surface area contributed by atoms with Crippen LogP contribution in [0.15, 0.2) is 54.6 Å². The highest BCUT2D eigenvalue weighted by Gasteiger charge is 2.41. The number of aliphatic carboxylic acids is 1. The average molecular weight is 382 g/mol. The van der Waals surface area contributed by atoms with Crippen LogP contribution in [0, 0.1) is 5.92 Å². The van der Waals surface area contributed by atoms with Gasteiger partial charge in [0.05, 0.1) is 0 Å². The number of ether oxygens (including phenoxy) is 1. The van der Waals surface area contributed by atoms with E-state index >= 15 is 0 Å². The molecule has 0 aliphatic carbocycles. The van der Waals surface area contributed by atoms with Crippen molar-refractivity contribution in [3.8, 4) is 11.5 Å². The van der Waals surface area contributed by atoms with E-state index in [0.717, 1.165) is 0 Å². The minimum absolute atomic E-state index is 0.000663. The monoisotopic (exact) mass is 382 g/mol. The number of hydrogen-bond acceptors (Lipinski definition) is 5. The first-order valence-corrected chi connectivity index (χ1v) is 8.62. The molecular formula is C20H18N2O6. The fourth-order valence-electron chi connectivity index (χ4n) is 2.89. The summed E-state index contributed by atoms with van der Waals surface area (Å²) in [7, 11) is 0. The van der Waals surface area contributed by atoms with Crippen LogP contribution in [-0.4, -0.2) is 41.8 Å². The Bertz CT molecular complexity index is 912. The minimum Gasteiger partial charge on any atom is -0.480 e. The lowest BCUT2D eigenvalue weighted by Crippen LogP contribution is -2.52. The van der Waals surface area contributed by atoms with Crippen molar-refractivity contribution in [2.75, 3.05) is 18.0 Å². The van der Waals surface area contributed by atoms with E-state index in [1.807, 2.05) is 18.2 Å². The Balaban J connectivity index is 1.78. The van der Waals surface area contributed by atoms with Gasteiger partial charge in [0.15, 0.2) is 11.7 Å². The van der Waals surface area contributed by atoms with Gasteiger partial charge in [-0.05, 0) is 24.3 Å². The van der Waals surface area contributed by atoms with Gasteiger partial charge >= 0.3 is 5.97 Å². The van der Waals surface area contributed by atoms with Crippen LogP contribution in [0.5, 0.6) is 11.5 Å². The zero-order valence-electron chi connectivity index (χ0n) is 14.8. The number of rotatable bonds is 6. The van der Waals surface area contributed by atoms with Gasteiger partial charge in [-0.1, -0.05) is 24.3 Å². The molecule has 1 unspecified atom stereocenters. The zero-order valence-corrected chi connectivity index (χ0v) is 14.8. The summed E-state index contributed by atoms with van der Waals surface area (Å²) < 4.78 is 5.76. The molecule has 28 heavy (non-hydrogen) atoms. The van der Waals surface area contributed by atoms with Crippen molar-refractivity contribution in [1.82, 2.24) is 5.32 Å². The van der Waals surface area contributed by atoms with Gasteiger partial charge in [-0.15, -0.1) is 0 Å². The number of Topliss-reactive ketones (excluding diaryl/α,β-unsaturated/α-hetero) is 1. The normalized spacial score (nSPS) is 16.6. The van der Waals surface area contributed by atoms with Crippen LogP contribution in [0.1, 0.15) is 6.42 Å². The van der Waals surface area contributed by atoms with Gasteiger partial charge in [0, 0.05) is 24.7 Å². The number of anilines is 1. The van der Waals surface area contributed by atoms with Crippen molar-refractivity contribution in [3.05, 3.63) is 54.6 Å². The van der Waals surface area contributed by atoms with Crippen LogP contribution < -0.4 is 15.0 Å². The molecule has 1 heterocycles. The molecule has 0 bridgehead atoms. The van der Waals surface area contributed by atoms with E-state index in [1.165, 1.54) is 4.90 Å². The number of para-hydroxylation sites is 1. The Morgan fingerprint density at radius 3 is 2.50 bits per heavy atom. The molecule has 1 saturated heterocycles. The molecule has 2 N–H and O–H groups in total. The first-order chi connectivity index (χ1) is 13.5. The van der Waals surface area contributed by atoms with Crippen LogP contribution in [-0.2, 0) is 19.2 Å². The van der Waals surface area contributed by atoms with Crippen LogP contribution >= 0.6 is 0 Å². The molecule has 1 fully saturated rings. The standard InChI is InChI=1S/C20H18N2O6/c23-16-9-10-22(20(27)18(16)19(26)21-12-17(24)25)13-5-4-8-15(11-13)28-14-6-2-1-3-7-14/h1-8,11,18H,9-10,12H2,(H,21,26)(H,24,25). The fraction of sp³-hybridized carbons (Fsp3) is 0.200. The first kappa shape index (κ1) is 19.1. The number of carbonyl (C=O) groups is 4. The van der Waals surface area contributed by atoms with Crippen LogP contribution in [0.2, 0.25) is 0 Å². The predicted molar refractivity (Wildman–Crippen MR) is 99.1 cm³/mol. The lowest BCUT2D eigenvalue weighted by atomic mass is 9.94. The summed E-state index contributed by atoms with van der Waals surface area (Å²) in [5, 5.41) is 10.8. The zero-order chi connectivity index (χ0) is 20.1. The Kier molecular flexibility index (Phi) is 5.69. The highest BCUT2D eigenvalue weighted by Crippen LogP contribution is 2.28. The third kappa shape index (κ3) is 4.35. The minimum atomic E-state index is -1.55. The van der Waals surface area contributed by atoms with Gasteiger partial charge < -0.3 is 20.1 Å². The lowest BCUT2D eigenvalue weighted by molar-refractivity contribution is -0.145. The van der Waals surface area contributed by atoms with E-state index in [0.29, 0.717) is 17.2 Å². The van der Waals surface area contributed by atoms with Gasteiger partial charge in [-0.2, -0.15) is 0 Å². The summed E-state index contributed by atoms with van der Waals surface area (Å²) in [6.45, 7) is -0.522. The molecule has 0 radical (unpaired) electrons. The lowest BCUT2D eigenvalue weighted by Gasteiger charge is -2.30. The van der Waals surface area contributed by atoms with Crippen molar-refractivity contribution >= 4 is 29.3 Å². The maximum Gasteiger partial charge on any atom is 0.322 e. The molecule has 1 aliphatic heterocycles. The molecular weight excluding hydrogens is 364 g/mol. The number of ketones is 1. The van der Waals surface area contributed by atoms with Crippen molar-refractivity contribution in [1.29, 1.82) is 0 Å². The second kappa shape index (κ2) is 8.34. The molecule has 0 aromatic heterocycles. The van der Waals surface area contributed by atoms with E-state index in [9.17, 15) is 19.2 Å². The summed E-state index contributed by atoms with van der Waals surface area (Å²) in [4.78, 5) is 48.9.